The molecule has 1 aromatic carbocycles. The Morgan fingerprint density at radius 1 is 1.48 bits per heavy atom. The minimum Gasteiger partial charge on any atom is -0.315 e. The zero-order valence-electron chi connectivity index (χ0n) is 12.6. The highest BCUT2D eigenvalue weighted by Gasteiger charge is 2.34. The van der Waals surface area contributed by atoms with Crippen molar-refractivity contribution in [3.05, 3.63) is 33.3 Å². The number of halogens is 2. The van der Waals surface area contributed by atoms with E-state index in [-0.39, 0.29) is 34.1 Å². The third-order valence-corrected chi connectivity index (χ3v) is 6.03. The van der Waals surface area contributed by atoms with E-state index in [1.54, 1.807) is 0 Å². The molecule has 23 heavy (non-hydrogen) atoms. The average molecular weight is 384 g/mol. The van der Waals surface area contributed by atoms with Gasteiger partial charge in [-0.1, -0.05) is 18.5 Å². The Balaban J connectivity index is 0.00000264. The topological polar surface area (TPSA) is 92.6 Å². The van der Waals surface area contributed by atoms with E-state index in [0.717, 1.165) is 25.1 Å². The van der Waals surface area contributed by atoms with Crippen LogP contribution in [0.2, 0.25) is 5.02 Å². The molecule has 1 atom stereocenters. The van der Waals surface area contributed by atoms with Gasteiger partial charge in [0.1, 0.15) is 4.90 Å². The Hall–Kier alpha value is -0.930. The standard InChI is InChI=1S/C13H18ClN3O4S.ClH/c1-2-7-16(11-5-6-15-9-11)22(20,21)13-4-3-10(17(18)19)8-12(13)14;/h3-4,8,11,15H,2,5-7,9H2,1H3;1H. The summed E-state index contributed by atoms with van der Waals surface area (Å²) in [5.74, 6) is 0. The number of nitrogens with one attached hydrogen (secondary N) is 1. The summed E-state index contributed by atoms with van der Waals surface area (Å²) in [7, 11) is -3.78. The summed E-state index contributed by atoms with van der Waals surface area (Å²) in [4.78, 5) is 10.1. The Kier molecular flexibility index (Phi) is 7.22. The van der Waals surface area contributed by atoms with Crippen molar-refractivity contribution in [2.75, 3.05) is 19.6 Å². The van der Waals surface area contributed by atoms with Gasteiger partial charge < -0.3 is 5.32 Å². The van der Waals surface area contributed by atoms with Crippen LogP contribution in [0.15, 0.2) is 23.1 Å². The van der Waals surface area contributed by atoms with Crippen LogP contribution in [0.25, 0.3) is 0 Å². The molecule has 2 rings (SSSR count). The molecule has 1 aliphatic rings. The SMILES string of the molecule is CCCN(C1CCNC1)S(=O)(=O)c1ccc([N+](=O)[O-])cc1Cl.Cl. The fourth-order valence-corrected chi connectivity index (χ4v) is 4.80. The lowest BCUT2D eigenvalue weighted by Gasteiger charge is -2.27. The second-order valence-electron chi connectivity index (χ2n) is 5.13. The van der Waals surface area contributed by atoms with Gasteiger partial charge in [-0.2, -0.15) is 4.31 Å². The van der Waals surface area contributed by atoms with Gasteiger partial charge in [0.15, 0.2) is 0 Å². The van der Waals surface area contributed by atoms with Crippen LogP contribution in [0.1, 0.15) is 19.8 Å². The minimum absolute atomic E-state index is 0. The highest BCUT2D eigenvalue weighted by atomic mass is 35.5. The maximum Gasteiger partial charge on any atom is 0.271 e. The first-order valence-electron chi connectivity index (χ1n) is 7.04. The summed E-state index contributed by atoms with van der Waals surface area (Å²) < 4.78 is 27.2. The summed E-state index contributed by atoms with van der Waals surface area (Å²) in [6, 6.07) is 3.33. The Morgan fingerprint density at radius 3 is 2.65 bits per heavy atom. The molecule has 1 saturated heterocycles. The van der Waals surface area contributed by atoms with Gasteiger partial charge in [-0.25, -0.2) is 8.42 Å². The Morgan fingerprint density at radius 2 is 2.17 bits per heavy atom. The van der Waals surface area contributed by atoms with Gasteiger partial charge in [-0.15, -0.1) is 12.4 Å². The van der Waals surface area contributed by atoms with Crippen LogP contribution >= 0.6 is 24.0 Å². The summed E-state index contributed by atoms with van der Waals surface area (Å²) in [6.45, 7) is 3.67. The van der Waals surface area contributed by atoms with E-state index in [2.05, 4.69) is 5.32 Å². The lowest BCUT2D eigenvalue weighted by molar-refractivity contribution is -0.384. The van der Waals surface area contributed by atoms with Crippen LogP contribution in [-0.2, 0) is 10.0 Å². The third-order valence-electron chi connectivity index (χ3n) is 3.60. The average Bonchev–Trinajstić information content (AvgIpc) is 2.97. The summed E-state index contributed by atoms with van der Waals surface area (Å²) in [6.07, 6.45) is 1.42. The minimum atomic E-state index is -3.78. The number of nitrogens with zero attached hydrogens (tertiary/aromatic N) is 2. The highest BCUT2D eigenvalue weighted by molar-refractivity contribution is 7.89. The van der Waals surface area contributed by atoms with Crippen molar-refractivity contribution in [3.8, 4) is 0 Å². The van der Waals surface area contributed by atoms with E-state index in [1.807, 2.05) is 6.92 Å². The molecule has 0 amide bonds. The molecule has 0 saturated carbocycles. The molecule has 1 heterocycles. The molecule has 1 N–H and O–H groups in total. The molecule has 10 heteroatoms. The molecule has 0 spiro atoms. The van der Waals surface area contributed by atoms with Crippen LogP contribution in [0, 0.1) is 10.1 Å². The van der Waals surface area contributed by atoms with Gasteiger partial charge in [0.05, 0.1) is 9.95 Å². The Labute approximate surface area is 146 Å². The Bertz CT molecular complexity index is 663. The van der Waals surface area contributed by atoms with Crippen LogP contribution in [0.3, 0.4) is 0 Å². The number of sulfonamides is 1. The number of nitro groups is 1. The maximum atomic E-state index is 12.9. The van der Waals surface area contributed by atoms with E-state index >= 15 is 0 Å². The second kappa shape index (κ2) is 8.25. The number of rotatable bonds is 6. The van der Waals surface area contributed by atoms with Crippen molar-refractivity contribution < 1.29 is 13.3 Å². The van der Waals surface area contributed by atoms with E-state index in [4.69, 9.17) is 11.6 Å². The van der Waals surface area contributed by atoms with Gasteiger partial charge in [-0.05, 0) is 25.5 Å². The van der Waals surface area contributed by atoms with Crippen molar-refractivity contribution in [2.24, 2.45) is 0 Å². The number of nitro benzene ring substituents is 1. The van der Waals surface area contributed by atoms with E-state index in [1.165, 1.54) is 10.4 Å². The van der Waals surface area contributed by atoms with Crippen LogP contribution in [0.5, 0.6) is 0 Å². The molecule has 1 fully saturated rings. The molecule has 1 unspecified atom stereocenters. The maximum absolute atomic E-state index is 12.9. The molecule has 7 nitrogen and oxygen atoms in total. The van der Waals surface area contributed by atoms with Gasteiger partial charge in [0, 0.05) is 31.3 Å². The third kappa shape index (κ3) is 4.33. The second-order valence-corrected chi connectivity index (χ2v) is 7.40. The summed E-state index contributed by atoms with van der Waals surface area (Å²) in [5.41, 5.74) is -0.228. The molecular formula is C13H19Cl2N3O4S. The van der Waals surface area contributed by atoms with Gasteiger partial charge in [-0.3, -0.25) is 10.1 Å². The van der Waals surface area contributed by atoms with E-state index < -0.39 is 14.9 Å². The quantitative estimate of drug-likeness (QED) is 0.601. The first-order chi connectivity index (χ1) is 10.4. The van der Waals surface area contributed by atoms with Crippen molar-refractivity contribution in [1.82, 2.24) is 9.62 Å². The van der Waals surface area contributed by atoms with Crippen molar-refractivity contribution in [2.45, 2.75) is 30.7 Å². The molecule has 1 aromatic rings. The normalized spacial score (nSPS) is 18.0. The fourth-order valence-electron chi connectivity index (χ4n) is 2.54. The lowest BCUT2D eigenvalue weighted by Crippen LogP contribution is -2.42. The van der Waals surface area contributed by atoms with Crippen molar-refractivity contribution in [1.29, 1.82) is 0 Å². The number of hydrogen-bond donors (Lipinski definition) is 1. The largest absolute Gasteiger partial charge is 0.315 e. The van der Waals surface area contributed by atoms with Gasteiger partial charge in [0.25, 0.3) is 5.69 Å². The zero-order valence-corrected chi connectivity index (χ0v) is 15.0. The fraction of sp³-hybridized carbons (Fsp3) is 0.538. The molecule has 1 aliphatic heterocycles. The van der Waals surface area contributed by atoms with Crippen LogP contribution in [0.4, 0.5) is 5.69 Å². The predicted molar refractivity (Wildman–Crippen MR) is 90.8 cm³/mol. The number of non-ortho nitro benzene ring substituents is 1. The van der Waals surface area contributed by atoms with Gasteiger partial charge >= 0.3 is 0 Å². The smallest absolute Gasteiger partial charge is 0.271 e. The lowest BCUT2D eigenvalue weighted by atomic mass is 10.2. The summed E-state index contributed by atoms with van der Waals surface area (Å²) >= 11 is 5.98. The molecule has 0 radical (unpaired) electrons. The molecule has 0 aliphatic carbocycles. The zero-order chi connectivity index (χ0) is 16.3. The highest BCUT2D eigenvalue weighted by Crippen LogP contribution is 2.30. The van der Waals surface area contributed by atoms with Crippen LogP contribution < -0.4 is 5.32 Å². The van der Waals surface area contributed by atoms with E-state index in [9.17, 15) is 18.5 Å². The van der Waals surface area contributed by atoms with Gasteiger partial charge in [0.2, 0.25) is 10.0 Å². The summed E-state index contributed by atoms with van der Waals surface area (Å²) in [5, 5.41) is 13.8. The van der Waals surface area contributed by atoms with Crippen LogP contribution in [-0.4, -0.2) is 43.3 Å². The number of benzene rings is 1. The molecular weight excluding hydrogens is 365 g/mol. The first-order valence-corrected chi connectivity index (χ1v) is 8.86. The molecule has 130 valence electrons. The molecule has 0 bridgehead atoms. The predicted octanol–water partition coefficient (Wildman–Crippen LogP) is 2.43. The molecule has 0 aromatic heterocycles. The monoisotopic (exact) mass is 383 g/mol. The van der Waals surface area contributed by atoms with Crippen molar-refractivity contribution in [3.63, 3.8) is 0 Å². The number of hydrogen-bond acceptors (Lipinski definition) is 5. The first kappa shape index (κ1) is 20.1. The van der Waals surface area contributed by atoms with Crippen molar-refractivity contribution >= 4 is 39.7 Å². The van der Waals surface area contributed by atoms with E-state index in [0.29, 0.717) is 19.5 Å².